The topological polar surface area (TPSA) is 38.1 Å². The van der Waals surface area contributed by atoms with Crippen LogP contribution in [0.15, 0.2) is 30.5 Å². The van der Waals surface area contributed by atoms with Crippen LogP contribution < -0.4 is 0 Å². The first-order chi connectivity index (χ1) is 9.52. The molecule has 0 bridgehead atoms. The summed E-state index contributed by atoms with van der Waals surface area (Å²) in [6, 6.07) is 6.82. The van der Waals surface area contributed by atoms with Gasteiger partial charge in [0.05, 0.1) is 23.5 Å². The van der Waals surface area contributed by atoms with Gasteiger partial charge in [0.1, 0.15) is 0 Å². The number of amides is 1. The van der Waals surface area contributed by atoms with Crippen molar-refractivity contribution in [3.63, 3.8) is 0 Å². The van der Waals surface area contributed by atoms with Gasteiger partial charge in [-0.25, -0.2) is 0 Å². The first-order valence-electron chi connectivity index (χ1n) is 6.24. The van der Waals surface area contributed by atoms with Crippen molar-refractivity contribution in [1.82, 2.24) is 14.7 Å². The van der Waals surface area contributed by atoms with Crippen molar-refractivity contribution >= 4 is 29.1 Å². The molecule has 4 nitrogen and oxygen atoms in total. The maximum Gasteiger partial charge on any atom is 0.253 e. The molecule has 1 amide bonds. The zero-order valence-electron chi connectivity index (χ0n) is 11.3. The number of benzene rings is 1. The van der Waals surface area contributed by atoms with Crippen molar-refractivity contribution in [2.45, 2.75) is 20.0 Å². The fourth-order valence-corrected chi connectivity index (χ4v) is 2.25. The van der Waals surface area contributed by atoms with Crippen LogP contribution in [0.4, 0.5) is 0 Å². The number of aryl methyl sites for hydroxylation is 1. The van der Waals surface area contributed by atoms with Gasteiger partial charge in [0, 0.05) is 24.2 Å². The molecular weight excluding hydrogens is 297 g/mol. The van der Waals surface area contributed by atoms with E-state index >= 15 is 0 Å². The van der Waals surface area contributed by atoms with Crippen molar-refractivity contribution in [2.75, 3.05) is 7.05 Å². The maximum absolute atomic E-state index is 12.3. The molecule has 106 valence electrons. The molecule has 0 aliphatic rings. The molecule has 0 N–H and O–H groups in total. The van der Waals surface area contributed by atoms with Gasteiger partial charge >= 0.3 is 0 Å². The molecule has 0 saturated carbocycles. The Labute approximate surface area is 127 Å². The van der Waals surface area contributed by atoms with Gasteiger partial charge in [0.15, 0.2) is 0 Å². The molecule has 2 aromatic rings. The third kappa shape index (κ3) is 3.14. The molecule has 0 spiro atoms. The van der Waals surface area contributed by atoms with Crippen LogP contribution in [0.3, 0.4) is 0 Å². The lowest BCUT2D eigenvalue weighted by Gasteiger charge is -2.18. The fourth-order valence-electron chi connectivity index (χ4n) is 1.93. The summed E-state index contributed by atoms with van der Waals surface area (Å²) >= 11 is 11.9. The van der Waals surface area contributed by atoms with Gasteiger partial charge in [0.2, 0.25) is 0 Å². The summed E-state index contributed by atoms with van der Waals surface area (Å²) in [5.74, 6) is -0.0819. The molecule has 0 saturated heterocycles. The van der Waals surface area contributed by atoms with E-state index in [1.165, 1.54) is 0 Å². The van der Waals surface area contributed by atoms with E-state index in [-0.39, 0.29) is 5.91 Å². The second-order valence-corrected chi connectivity index (χ2v) is 5.27. The second-order valence-electron chi connectivity index (χ2n) is 4.42. The van der Waals surface area contributed by atoms with Crippen LogP contribution in [0.5, 0.6) is 0 Å². The molecule has 1 aromatic carbocycles. The SMILES string of the molecule is CCn1ncc(Cl)c1CN(C)C(=O)c1ccc(Cl)cc1. The first kappa shape index (κ1) is 14.9. The maximum atomic E-state index is 12.3. The lowest BCUT2D eigenvalue weighted by atomic mass is 10.2. The van der Waals surface area contributed by atoms with Crippen LogP contribution in [-0.2, 0) is 13.1 Å². The average Bonchev–Trinajstić information content (AvgIpc) is 2.79. The molecule has 0 aliphatic carbocycles. The number of hydrogen-bond donors (Lipinski definition) is 0. The van der Waals surface area contributed by atoms with Crippen molar-refractivity contribution in [3.8, 4) is 0 Å². The lowest BCUT2D eigenvalue weighted by molar-refractivity contribution is 0.0781. The molecule has 0 fully saturated rings. The highest BCUT2D eigenvalue weighted by Gasteiger charge is 2.16. The number of nitrogens with zero attached hydrogens (tertiary/aromatic N) is 3. The highest BCUT2D eigenvalue weighted by Crippen LogP contribution is 2.18. The zero-order chi connectivity index (χ0) is 14.7. The highest BCUT2D eigenvalue weighted by atomic mass is 35.5. The Morgan fingerprint density at radius 3 is 2.55 bits per heavy atom. The summed E-state index contributed by atoms with van der Waals surface area (Å²) in [4.78, 5) is 13.9. The van der Waals surface area contributed by atoms with E-state index < -0.39 is 0 Å². The highest BCUT2D eigenvalue weighted by molar-refractivity contribution is 6.31. The third-order valence-corrected chi connectivity index (χ3v) is 3.59. The standard InChI is InChI=1S/C14H15Cl2N3O/c1-3-19-13(12(16)8-17-19)9-18(2)14(20)10-4-6-11(15)7-5-10/h4-8H,3,9H2,1-2H3. The van der Waals surface area contributed by atoms with Gasteiger partial charge in [-0.05, 0) is 31.2 Å². The van der Waals surface area contributed by atoms with Gasteiger partial charge in [0.25, 0.3) is 5.91 Å². The van der Waals surface area contributed by atoms with Crippen LogP contribution in [-0.4, -0.2) is 27.6 Å². The number of carbonyl (C=O) groups excluding carboxylic acids is 1. The van der Waals surface area contributed by atoms with Crippen LogP contribution in [0.25, 0.3) is 0 Å². The molecule has 0 atom stereocenters. The van der Waals surface area contributed by atoms with Gasteiger partial charge in [-0.15, -0.1) is 0 Å². The Morgan fingerprint density at radius 1 is 1.30 bits per heavy atom. The molecule has 1 aromatic heterocycles. The second kappa shape index (κ2) is 6.29. The normalized spacial score (nSPS) is 10.6. The van der Waals surface area contributed by atoms with Crippen molar-refractivity contribution in [2.24, 2.45) is 0 Å². The Kier molecular flexibility index (Phi) is 4.68. The van der Waals surface area contributed by atoms with Crippen LogP contribution in [0.2, 0.25) is 10.0 Å². The number of carbonyl (C=O) groups is 1. The molecule has 0 unspecified atom stereocenters. The molecule has 6 heteroatoms. The lowest BCUT2D eigenvalue weighted by Crippen LogP contribution is -2.27. The number of aromatic nitrogens is 2. The van der Waals surface area contributed by atoms with Gasteiger partial charge < -0.3 is 4.90 Å². The Bertz CT molecular complexity index is 607. The van der Waals surface area contributed by atoms with Crippen molar-refractivity contribution < 1.29 is 4.79 Å². The summed E-state index contributed by atoms with van der Waals surface area (Å²) in [5.41, 5.74) is 1.43. The Balaban J connectivity index is 2.15. The van der Waals surface area contributed by atoms with E-state index in [4.69, 9.17) is 23.2 Å². The van der Waals surface area contributed by atoms with E-state index in [0.717, 1.165) is 5.69 Å². The molecule has 0 radical (unpaired) electrons. The summed E-state index contributed by atoms with van der Waals surface area (Å²) < 4.78 is 1.79. The monoisotopic (exact) mass is 311 g/mol. The Morgan fingerprint density at radius 2 is 1.95 bits per heavy atom. The predicted octanol–water partition coefficient (Wildman–Crippen LogP) is 3.48. The van der Waals surface area contributed by atoms with E-state index in [1.807, 2.05) is 6.92 Å². The van der Waals surface area contributed by atoms with Crippen LogP contribution in [0, 0.1) is 0 Å². The van der Waals surface area contributed by atoms with E-state index in [1.54, 1.807) is 47.1 Å². The molecule has 20 heavy (non-hydrogen) atoms. The average molecular weight is 312 g/mol. The van der Waals surface area contributed by atoms with Crippen LogP contribution >= 0.6 is 23.2 Å². The first-order valence-corrected chi connectivity index (χ1v) is 6.99. The van der Waals surface area contributed by atoms with Gasteiger partial charge in [-0.2, -0.15) is 5.10 Å². The summed E-state index contributed by atoms with van der Waals surface area (Å²) in [5, 5.41) is 5.34. The number of halogens is 2. The quantitative estimate of drug-likeness (QED) is 0.867. The van der Waals surface area contributed by atoms with Crippen LogP contribution in [0.1, 0.15) is 23.0 Å². The predicted molar refractivity (Wildman–Crippen MR) is 80.2 cm³/mol. The largest absolute Gasteiger partial charge is 0.336 e. The van der Waals surface area contributed by atoms with Crippen molar-refractivity contribution in [1.29, 1.82) is 0 Å². The van der Waals surface area contributed by atoms with E-state index in [0.29, 0.717) is 28.7 Å². The number of hydrogen-bond acceptors (Lipinski definition) is 2. The minimum atomic E-state index is -0.0819. The molecule has 2 rings (SSSR count). The third-order valence-electron chi connectivity index (χ3n) is 3.02. The zero-order valence-corrected chi connectivity index (χ0v) is 12.8. The summed E-state index contributed by atoms with van der Waals surface area (Å²) in [6.45, 7) is 3.10. The van der Waals surface area contributed by atoms with Gasteiger partial charge in [-0.1, -0.05) is 23.2 Å². The smallest absolute Gasteiger partial charge is 0.253 e. The minimum Gasteiger partial charge on any atom is -0.336 e. The molecular formula is C14H15Cl2N3O. The molecule has 1 heterocycles. The minimum absolute atomic E-state index is 0.0819. The Hall–Kier alpha value is -1.52. The van der Waals surface area contributed by atoms with Crippen molar-refractivity contribution in [3.05, 3.63) is 51.8 Å². The molecule has 0 aliphatic heterocycles. The number of rotatable bonds is 4. The summed E-state index contributed by atoms with van der Waals surface area (Å²) in [6.07, 6.45) is 1.60. The van der Waals surface area contributed by atoms with Gasteiger partial charge in [-0.3, -0.25) is 9.48 Å². The van der Waals surface area contributed by atoms with E-state index in [9.17, 15) is 4.79 Å². The fraction of sp³-hybridized carbons (Fsp3) is 0.286. The summed E-state index contributed by atoms with van der Waals surface area (Å²) in [7, 11) is 1.74. The van der Waals surface area contributed by atoms with E-state index in [2.05, 4.69) is 5.10 Å².